The van der Waals surface area contributed by atoms with Crippen LogP contribution in [0, 0.1) is 0 Å². The van der Waals surface area contributed by atoms with Crippen molar-refractivity contribution < 1.29 is 9.90 Å². The Bertz CT molecular complexity index is 607. The summed E-state index contributed by atoms with van der Waals surface area (Å²) in [6.45, 7) is 0. The van der Waals surface area contributed by atoms with Gasteiger partial charge in [0.1, 0.15) is 6.04 Å². The van der Waals surface area contributed by atoms with E-state index in [1.807, 2.05) is 30.3 Å². The molecule has 4 heteroatoms. The quantitative estimate of drug-likeness (QED) is 0.866. The Morgan fingerprint density at radius 3 is 2.95 bits per heavy atom. The van der Waals surface area contributed by atoms with Gasteiger partial charge in [-0.3, -0.25) is 15.1 Å². The second-order valence-electron chi connectivity index (χ2n) is 4.96. The molecule has 1 aromatic heterocycles. The van der Waals surface area contributed by atoms with Crippen LogP contribution < -0.4 is 5.32 Å². The van der Waals surface area contributed by atoms with Crippen molar-refractivity contribution in [2.24, 2.45) is 0 Å². The standard InChI is InChI=1S/C15H16N2O2/c18-15(19)13-8-2-7-12(17-13)11-6-1-4-10-5-3-9-16-14(10)11/h1,3-6,9,12-13,17H,2,7-8H2,(H,18,19). The van der Waals surface area contributed by atoms with Crippen molar-refractivity contribution in [1.29, 1.82) is 0 Å². The highest BCUT2D eigenvalue weighted by molar-refractivity contribution is 5.82. The predicted octanol–water partition coefficient (Wildman–Crippen LogP) is 2.50. The Kier molecular flexibility index (Phi) is 3.17. The van der Waals surface area contributed by atoms with Gasteiger partial charge in [0, 0.05) is 17.6 Å². The third-order valence-corrected chi connectivity index (χ3v) is 3.73. The van der Waals surface area contributed by atoms with Crippen molar-refractivity contribution in [3.8, 4) is 0 Å². The number of carboxylic acids is 1. The number of carbonyl (C=O) groups is 1. The number of piperidine rings is 1. The fraction of sp³-hybridized carbons (Fsp3) is 0.333. The molecular formula is C15H16N2O2. The Hall–Kier alpha value is -1.94. The number of carboxylic acid groups (broad SMARTS) is 1. The van der Waals surface area contributed by atoms with Crippen LogP contribution in [0.5, 0.6) is 0 Å². The van der Waals surface area contributed by atoms with Crippen molar-refractivity contribution in [3.63, 3.8) is 0 Å². The lowest BCUT2D eigenvalue weighted by atomic mass is 9.92. The summed E-state index contributed by atoms with van der Waals surface area (Å²) in [6, 6.07) is 9.65. The number of benzene rings is 1. The lowest BCUT2D eigenvalue weighted by Gasteiger charge is -2.29. The average Bonchev–Trinajstić information content (AvgIpc) is 2.47. The Morgan fingerprint density at radius 2 is 2.11 bits per heavy atom. The van der Waals surface area contributed by atoms with Gasteiger partial charge < -0.3 is 5.11 Å². The molecule has 0 aliphatic carbocycles. The summed E-state index contributed by atoms with van der Waals surface area (Å²) in [5.41, 5.74) is 2.07. The zero-order valence-electron chi connectivity index (χ0n) is 10.5. The van der Waals surface area contributed by atoms with Crippen LogP contribution in [0.1, 0.15) is 30.9 Å². The van der Waals surface area contributed by atoms with Gasteiger partial charge in [0.15, 0.2) is 0 Å². The number of hydrogen-bond donors (Lipinski definition) is 2. The van der Waals surface area contributed by atoms with E-state index in [-0.39, 0.29) is 6.04 Å². The number of nitrogens with one attached hydrogen (secondary N) is 1. The van der Waals surface area contributed by atoms with Crippen molar-refractivity contribution >= 4 is 16.9 Å². The van der Waals surface area contributed by atoms with E-state index in [1.54, 1.807) is 6.20 Å². The van der Waals surface area contributed by atoms with Crippen LogP contribution >= 0.6 is 0 Å². The summed E-state index contributed by atoms with van der Waals surface area (Å²) in [7, 11) is 0. The summed E-state index contributed by atoms with van der Waals surface area (Å²) in [5, 5.41) is 13.5. The summed E-state index contributed by atoms with van der Waals surface area (Å²) in [5.74, 6) is -0.766. The van der Waals surface area contributed by atoms with Gasteiger partial charge in [0.2, 0.25) is 0 Å². The molecule has 0 spiro atoms. The smallest absolute Gasteiger partial charge is 0.320 e. The first kappa shape index (κ1) is 12.1. The largest absolute Gasteiger partial charge is 0.480 e. The van der Waals surface area contributed by atoms with E-state index in [1.165, 1.54) is 0 Å². The van der Waals surface area contributed by atoms with Crippen LogP contribution in [0.2, 0.25) is 0 Å². The first-order valence-corrected chi connectivity index (χ1v) is 6.58. The van der Waals surface area contributed by atoms with E-state index in [0.717, 1.165) is 29.3 Å². The topological polar surface area (TPSA) is 62.2 Å². The predicted molar refractivity (Wildman–Crippen MR) is 72.9 cm³/mol. The maximum atomic E-state index is 11.1. The van der Waals surface area contributed by atoms with E-state index in [0.29, 0.717) is 6.42 Å². The lowest BCUT2D eigenvalue weighted by Crippen LogP contribution is -2.42. The summed E-state index contributed by atoms with van der Waals surface area (Å²) in [6.07, 6.45) is 4.37. The minimum absolute atomic E-state index is 0.0773. The maximum absolute atomic E-state index is 11.1. The number of hydrogen-bond acceptors (Lipinski definition) is 3. The molecule has 19 heavy (non-hydrogen) atoms. The normalized spacial score (nSPS) is 23.4. The number of para-hydroxylation sites is 1. The molecule has 3 rings (SSSR count). The third kappa shape index (κ3) is 2.31. The summed E-state index contributed by atoms with van der Waals surface area (Å²) in [4.78, 5) is 15.6. The van der Waals surface area contributed by atoms with E-state index < -0.39 is 12.0 Å². The minimum atomic E-state index is -0.766. The average molecular weight is 256 g/mol. The van der Waals surface area contributed by atoms with Crippen LogP contribution in [0.3, 0.4) is 0 Å². The molecule has 98 valence electrons. The van der Waals surface area contributed by atoms with Gasteiger partial charge in [-0.25, -0.2) is 0 Å². The molecule has 2 heterocycles. The first-order valence-electron chi connectivity index (χ1n) is 6.58. The number of rotatable bonds is 2. The third-order valence-electron chi connectivity index (χ3n) is 3.73. The number of aliphatic carboxylic acids is 1. The van der Waals surface area contributed by atoms with Gasteiger partial charge in [-0.05, 0) is 30.9 Å². The zero-order valence-corrected chi connectivity index (χ0v) is 10.5. The highest BCUT2D eigenvalue weighted by Crippen LogP contribution is 2.29. The van der Waals surface area contributed by atoms with Crippen LogP contribution in [0.4, 0.5) is 0 Å². The van der Waals surface area contributed by atoms with Crippen LogP contribution in [-0.2, 0) is 4.79 Å². The van der Waals surface area contributed by atoms with E-state index in [4.69, 9.17) is 5.11 Å². The van der Waals surface area contributed by atoms with E-state index in [2.05, 4.69) is 10.3 Å². The van der Waals surface area contributed by atoms with Gasteiger partial charge in [-0.1, -0.05) is 24.3 Å². The van der Waals surface area contributed by atoms with Crippen molar-refractivity contribution in [2.45, 2.75) is 31.3 Å². The van der Waals surface area contributed by atoms with Gasteiger partial charge in [-0.2, -0.15) is 0 Å². The van der Waals surface area contributed by atoms with E-state index >= 15 is 0 Å². The second-order valence-corrected chi connectivity index (χ2v) is 4.96. The van der Waals surface area contributed by atoms with Gasteiger partial charge in [0.05, 0.1) is 5.52 Å². The fourth-order valence-electron chi connectivity index (χ4n) is 2.78. The first-order chi connectivity index (χ1) is 9.25. The minimum Gasteiger partial charge on any atom is -0.480 e. The van der Waals surface area contributed by atoms with Gasteiger partial charge in [-0.15, -0.1) is 0 Å². The van der Waals surface area contributed by atoms with Crippen molar-refractivity contribution in [2.75, 3.05) is 0 Å². The maximum Gasteiger partial charge on any atom is 0.320 e. The molecule has 2 N–H and O–H groups in total. The van der Waals surface area contributed by atoms with Gasteiger partial charge >= 0.3 is 5.97 Å². The zero-order chi connectivity index (χ0) is 13.2. The number of pyridine rings is 1. The molecule has 2 aromatic rings. The molecule has 0 amide bonds. The summed E-state index contributed by atoms with van der Waals surface area (Å²) < 4.78 is 0. The molecule has 2 unspecified atom stereocenters. The van der Waals surface area contributed by atoms with Crippen LogP contribution in [-0.4, -0.2) is 22.1 Å². The van der Waals surface area contributed by atoms with Crippen molar-refractivity contribution in [1.82, 2.24) is 10.3 Å². The highest BCUT2D eigenvalue weighted by Gasteiger charge is 2.27. The Labute approximate surface area is 111 Å². The molecule has 1 fully saturated rings. The molecule has 0 bridgehead atoms. The molecule has 2 atom stereocenters. The summed E-state index contributed by atoms with van der Waals surface area (Å²) >= 11 is 0. The molecule has 0 radical (unpaired) electrons. The lowest BCUT2D eigenvalue weighted by molar-refractivity contribution is -0.140. The Morgan fingerprint density at radius 1 is 1.26 bits per heavy atom. The molecule has 1 aromatic carbocycles. The molecule has 4 nitrogen and oxygen atoms in total. The molecule has 0 saturated carbocycles. The fourth-order valence-corrected chi connectivity index (χ4v) is 2.78. The molecule has 1 aliphatic heterocycles. The number of nitrogens with zero attached hydrogens (tertiary/aromatic N) is 1. The van der Waals surface area contributed by atoms with Crippen LogP contribution in [0.25, 0.3) is 10.9 Å². The molecular weight excluding hydrogens is 240 g/mol. The monoisotopic (exact) mass is 256 g/mol. The SMILES string of the molecule is O=C(O)C1CCCC(c2cccc3cccnc23)N1. The molecule has 1 saturated heterocycles. The van der Waals surface area contributed by atoms with E-state index in [9.17, 15) is 4.79 Å². The second kappa shape index (κ2) is 4.97. The van der Waals surface area contributed by atoms with Crippen LogP contribution in [0.15, 0.2) is 36.5 Å². The molecule has 1 aliphatic rings. The van der Waals surface area contributed by atoms with Gasteiger partial charge in [0.25, 0.3) is 0 Å². The Balaban J connectivity index is 1.97. The highest BCUT2D eigenvalue weighted by atomic mass is 16.4. The number of aromatic nitrogens is 1. The number of fused-ring (bicyclic) bond motifs is 1. The van der Waals surface area contributed by atoms with Crippen molar-refractivity contribution in [3.05, 3.63) is 42.1 Å².